The summed E-state index contributed by atoms with van der Waals surface area (Å²) < 4.78 is 5.40. The first kappa shape index (κ1) is 25.0. The lowest BCUT2D eigenvalue weighted by Gasteiger charge is -2.45. The number of para-hydroxylation sites is 1. The number of anilines is 1. The zero-order chi connectivity index (χ0) is 27.4. The summed E-state index contributed by atoms with van der Waals surface area (Å²) in [7, 11) is 0. The van der Waals surface area contributed by atoms with Crippen molar-refractivity contribution in [1.29, 1.82) is 0 Å². The Morgan fingerprint density at radius 1 is 0.795 bits per heavy atom. The summed E-state index contributed by atoms with van der Waals surface area (Å²) in [5.74, 6) is -3.99. The van der Waals surface area contributed by atoms with Gasteiger partial charge < -0.3 is 10.1 Å². The molecule has 0 aromatic heterocycles. The first-order valence-electron chi connectivity index (χ1n) is 13.4. The fraction of sp³-hybridized carbons (Fsp3) is 0.312. The van der Waals surface area contributed by atoms with E-state index in [0.29, 0.717) is 5.69 Å². The number of imide groups is 1. The van der Waals surface area contributed by atoms with Gasteiger partial charge in [0.1, 0.15) is 6.04 Å². The van der Waals surface area contributed by atoms with E-state index >= 15 is 0 Å². The van der Waals surface area contributed by atoms with Crippen molar-refractivity contribution in [3.8, 4) is 0 Å². The van der Waals surface area contributed by atoms with Crippen molar-refractivity contribution >= 4 is 29.4 Å². The molecule has 1 saturated heterocycles. The summed E-state index contributed by atoms with van der Waals surface area (Å²) in [6, 6.07) is 22.2. The molecule has 7 nitrogen and oxygen atoms in total. The number of carbonyl (C=O) groups excluding carboxylic acids is 4. The van der Waals surface area contributed by atoms with Crippen LogP contribution in [0.3, 0.4) is 0 Å². The lowest BCUT2D eigenvalue weighted by Crippen LogP contribution is -2.49. The highest BCUT2D eigenvalue weighted by Crippen LogP contribution is 2.61. The monoisotopic (exact) mass is 522 g/mol. The number of nitrogens with one attached hydrogen (secondary N) is 1. The van der Waals surface area contributed by atoms with Crippen LogP contribution in [0.5, 0.6) is 0 Å². The van der Waals surface area contributed by atoms with E-state index in [1.165, 1.54) is 0 Å². The molecule has 1 fully saturated rings. The normalized spacial score (nSPS) is 23.2. The molecule has 3 aromatic rings. The molecule has 3 atom stereocenters. The van der Waals surface area contributed by atoms with Crippen molar-refractivity contribution in [2.75, 3.05) is 11.9 Å². The van der Waals surface area contributed by atoms with Gasteiger partial charge in [-0.15, -0.1) is 0 Å². The number of hydrogen-bond acceptors (Lipinski definition) is 5. The number of ether oxygens (including phenoxy) is 1. The molecule has 2 bridgehead atoms. The van der Waals surface area contributed by atoms with Crippen LogP contribution >= 0.6 is 0 Å². The number of hydrogen-bond donors (Lipinski definition) is 1. The van der Waals surface area contributed by atoms with Crippen molar-refractivity contribution in [1.82, 2.24) is 4.90 Å². The lowest BCUT2D eigenvalue weighted by atomic mass is 9.55. The van der Waals surface area contributed by atoms with Gasteiger partial charge >= 0.3 is 5.97 Å². The molecule has 0 unspecified atom stereocenters. The van der Waals surface area contributed by atoms with Crippen LogP contribution in [0.25, 0.3) is 0 Å². The van der Waals surface area contributed by atoms with Gasteiger partial charge in [-0.2, -0.15) is 0 Å². The van der Waals surface area contributed by atoms with E-state index in [1.807, 2.05) is 67.6 Å². The second kappa shape index (κ2) is 9.49. The first-order valence-corrected chi connectivity index (χ1v) is 13.4. The van der Waals surface area contributed by atoms with Gasteiger partial charge in [-0.1, -0.05) is 80.6 Å². The Balaban J connectivity index is 1.27. The standard InChI is InChI=1S/C32H30N2O5/c1-17(2)29(32(38)39-16-24(35)33-23-15-9-4-10-18(23)3)34-30(36)27-25-19-11-5-6-12-20(19)26(28(27)31(34)37)22-14-8-7-13-21(22)25/h4-15,17,25-29H,16H2,1-3H3,(H,33,35)/t25?,26?,27-,28+,29-/m1/s1. The van der Waals surface area contributed by atoms with Crippen LogP contribution in [0.4, 0.5) is 5.69 Å². The molecule has 3 amide bonds. The number of carbonyl (C=O) groups is 4. The van der Waals surface area contributed by atoms with E-state index in [1.54, 1.807) is 26.0 Å². The largest absolute Gasteiger partial charge is 0.454 e. The number of aryl methyl sites for hydroxylation is 1. The molecule has 7 rings (SSSR count). The maximum Gasteiger partial charge on any atom is 0.330 e. The van der Waals surface area contributed by atoms with E-state index in [4.69, 9.17) is 4.74 Å². The summed E-state index contributed by atoms with van der Waals surface area (Å²) in [5.41, 5.74) is 5.79. The van der Waals surface area contributed by atoms with Gasteiger partial charge in [-0.3, -0.25) is 19.3 Å². The molecule has 0 saturated carbocycles. The SMILES string of the molecule is Cc1ccccc1NC(=O)COC(=O)[C@@H](C(C)C)N1C(=O)[C@@H]2C3c4ccccc4C(c4ccccc43)[C@@H]2C1=O. The summed E-state index contributed by atoms with van der Waals surface area (Å²) in [6.45, 7) is 4.91. The van der Waals surface area contributed by atoms with E-state index in [2.05, 4.69) is 5.32 Å². The Morgan fingerprint density at radius 2 is 1.26 bits per heavy atom. The fourth-order valence-corrected chi connectivity index (χ4v) is 6.77. The Labute approximate surface area is 227 Å². The van der Waals surface area contributed by atoms with E-state index < -0.39 is 42.3 Å². The van der Waals surface area contributed by atoms with Crippen LogP contribution in [0.2, 0.25) is 0 Å². The Kier molecular flexibility index (Phi) is 6.09. The molecule has 198 valence electrons. The molecule has 3 aromatic carbocycles. The third-order valence-electron chi connectivity index (χ3n) is 8.40. The molecular formula is C32H30N2O5. The van der Waals surface area contributed by atoms with Gasteiger partial charge in [0.25, 0.3) is 5.91 Å². The third kappa shape index (κ3) is 3.87. The average molecular weight is 523 g/mol. The smallest absolute Gasteiger partial charge is 0.330 e. The van der Waals surface area contributed by atoms with Gasteiger partial charge in [-0.25, -0.2) is 4.79 Å². The Bertz CT molecular complexity index is 1400. The summed E-state index contributed by atoms with van der Waals surface area (Å²) >= 11 is 0. The van der Waals surface area contributed by atoms with Crippen molar-refractivity contribution in [2.24, 2.45) is 17.8 Å². The van der Waals surface area contributed by atoms with Crippen molar-refractivity contribution in [3.05, 3.63) is 101 Å². The molecule has 1 aliphatic heterocycles. The van der Waals surface area contributed by atoms with Crippen LogP contribution in [-0.4, -0.2) is 41.2 Å². The van der Waals surface area contributed by atoms with Gasteiger partial charge in [0.2, 0.25) is 11.8 Å². The van der Waals surface area contributed by atoms with Crippen LogP contribution < -0.4 is 5.32 Å². The Morgan fingerprint density at radius 3 is 1.72 bits per heavy atom. The van der Waals surface area contributed by atoms with Gasteiger partial charge in [0.05, 0.1) is 11.8 Å². The molecule has 0 spiro atoms. The number of amides is 3. The molecule has 1 heterocycles. The predicted molar refractivity (Wildman–Crippen MR) is 145 cm³/mol. The van der Waals surface area contributed by atoms with Crippen LogP contribution in [0.15, 0.2) is 72.8 Å². The maximum absolute atomic E-state index is 14.0. The topological polar surface area (TPSA) is 92.8 Å². The number of benzene rings is 3. The second-order valence-corrected chi connectivity index (χ2v) is 11.0. The van der Waals surface area contributed by atoms with Gasteiger partial charge in [0, 0.05) is 17.5 Å². The van der Waals surface area contributed by atoms with E-state index in [9.17, 15) is 19.2 Å². The summed E-state index contributed by atoms with van der Waals surface area (Å²) in [6.07, 6.45) is 0. The van der Waals surface area contributed by atoms with Crippen LogP contribution in [0, 0.1) is 24.7 Å². The zero-order valence-electron chi connectivity index (χ0n) is 22.1. The van der Waals surface area contributed by atoms with Crippen LogP contribution in [0.1, 0.15) is 53.5 Å². The molecule has 39 heavy (non-hydrogen) atoms. The highest BCUT2D eigenvalue weighted by Gasteiger charge is 2.63. The molecule has 3 aliphatic carbocycles. The molecular weight excluding hydrogens is 492 g/mol. The van der Waals surface area contributed by atoms with Crippen LogP contribution in [-0.2, 0) is 23.9 Å². The number of likely N-dealkylation sites (tertiary alicyclic amines) is 1. The third-order valence-corrected chi connectivity index (χ3v) is 8.40. The Hall–Kier alpha value is -4.26. The number of rotatable bonds is 6. The lowest BCUT2D eigenvalue weighted by molar-refractivity contribution is -0.162. The highest BCUT2D eigenvalue weighted by molar-refractivity contribution is 6.10. The maximum atomic E-state index is 14.0. The average Bonchev–Trinajstić information content (AvgIpc) is 3.19. The summed E-state index contributed by atoms with van der Waals surface area (Å²) in [4.78, 5) is 55.1. The number of nitrogens with zero attached hydrogens (tertiary/aromatic N) is 1. The number of esters is 1. The minimum Gasteiger partial charge on any atom is -0.454 e. The summed E-state index contributed by atoms with van der Waals surface area (Å²) in [5, 5.41) is 2.74. The molecule has 4 aliphatic rings. The molecule has 0 radical (unpaired) electrons. The minimum absolute atomic E-state index is 0.252. The molecule has 7 heteroatoms. The van der Waals surface area contributed by atoms with E-state index in [-0.39, 0.29) is 23.7 Å². The van der Waals surface area contributed by atoms with Crippen molar-refractivity contribution in [3.63, 3.8) is 0 Å². The minimum atomic E-state index is -1.12. The first-order chi connectivity index (χ1) is 18.8. The second-order valence-electron chi connectivity index (χ2n) is 11.0. The predicted octanol–water partition coefficient (Wildman–Crippen LogP) is 4.39. The quantitative estimate of drug-likeness (QED) is 0.383. The van der Waals surface area contributed by atoms with Gasteiger partial charge in [0.15, 0.2) is 6.61 Å². The molecule has 1 N–H and O–H groups in total. The van der Waals surface area contributed by atoms with E-state index in [0.717, 1.165) is 32.7 Å². The van der Waals surface area contributed by atoms with Crippen molar-refractivity contribution in [2.45, 2.75) is 38.6 Å². The van der Waals surface area contributed by atoms with Gasteiger partial charge in [-0.05, 0) is 46.7 Å². The highest BCUT2D eigenvalue weighted by atomic mass is 16.5. The van der Waals surface area contributed by atoms with Crippen molar-refractivity contribution < 1.29 is 23.9 Å². The zero-order valence-corrected chi connectivity index (χ0v) is 22.1. The fourth-order valence-electron chi connectivity index (χ4n) is 6.77.